The van der Waals surface area contributed by atoms with Gasteiger partial charge in [0.2, 0.25) is 0 Å². The second-order valence-electron chi connectivity index (χ2n) is 3.93. The van der Waals surface area contributed by atoms with Gasteiger partial charge in [-0.2, -0.15) is 0 Å². The van der Waals surface area contributed by atoms with Crippen LogP contribution in [0, 0.1) is 16.0 Å². The molecule has 0 aliphatic rings. The standard InChI is InChI=1S/C11H16ClN3O2/c1-8(6-13-2)7-14-11-9(12)4-3-5-10(11)15(16)17/h3-5,8,13-14H,6-7H2,1-2H3. The summed E-state index contributed by atoms with van der Waals surface area (Å²) in [6.07, 6.45) is 0. The molecule has 5 nitrogen and oxygen atoms in total. The van der Waals surface area contributed by atoms with Crippen LogP contribution in [-0.4, -0.2) is 25.1 Å². The highest BCUT2D eigenvalue weighted by atomic mass is 35.5. The number of hydrogen-bond acceptors (Lipinski definition) is 4. The number of nitro benzene ring substituents is 1. The normalized spacial score (nSPS) is 12.2. The summed E-state index contributed by atoms with van der Waals surface area (Å²) in [5, 5.41) is 17.3. The molecule has 1 atom stereocenters. The van der Waals surface area contributed by atoms with E-state index < -0.39 is 4.92 Å². The quantitative estimate of drug-likeness (QED) is 0.607. The van der Waals surface area contributed by atoms with E-state index in [-0.39, 0.29) is 5.69 Å². The van der Waals surface area contributed by atoms with Crippen molar-refractivity contribution in [2.75, 3.05) is 25.5 Å². The van der Waals surface area contributed by atoms with Crippen molar-refractivity contribution in [1.29, 1.82) is 0 Å². The number of para-hydroxylation sites is 1. The van der Waals surface area contributed by atoms with Gasteiger partial charge in [-0.15, -0.1) is 0 Å². The molecule has 94 valence electrons. The van der Waals surface area contributed by atoms with Gasteiger partial charge in [0.05, 0.1) is 9.95 Å². The van der Waals surface area contributed by atoms with Gasteiger partial charge in [0, 0.05) is 12.6 Å². The number of benzene rings is 1. The molecule has 6 heteroatoms. The molecule has 1 aromatic carbocycles. The van der Waals surface area contributed by atoms with Crippen LogP contribution in [0.1, 0.15) is 6.92 Å². The van der Waals surface area contributed by atoms with E-state index in [2.05, 4.69) is 10.6 Å². The Labute approximate surface area is 105 Å². The van der Waals surface area contributed by atoms with Crippen molar-refractivity contribution >= 4 is 23.0 Å². The summed E-state index contributed by atoms with van der Waals surface area (Å²) in [7, 11) is 1.87. The molecule has 17 heavy (non-hydrogen) atoms. The van der Waals surface area contributed by atoms with Gasteiger partial charge in [0.15, 0.2) is 0 Å². The van der Waals surface area contributed by atoms with Crippen LogP contribution in [0.4, 0.5) is 11.4 Å². The molecular weight excluding hydrogens is 242 g/mol. The van der Waals surface area contributed by atoms with E-state index in [4.69, 9.17) is 11.6 Å². The van der Waals surface area contributed by atoms with Gasteiger partial charge in [-0.25, -0.2) is 0 Å². The van der Waals surface area contributed by atoms with Gasteiger partial charge in [0.1, 0.15) is 5.69 Å². The molecule has 1 aromatic rings. The summed E-state index contributed by atoms with van der Waals surface area (Å²) < 4.78 is 0. The van der Waals surface area contributed by atoms with E-state index in [0.717, 1.165) is 6.54 Å². The summed E-state index contributed by atoms with van der Waals surface area (Å²) in [5.74, 6) is 0.357. The monoisotopic (exact) mass is 257 g/mol. The number of nitrogens with zero attached hydrogens (tertiary/aromatic N) is 1. The average Bonchev–Trinajstić information content (AvgIpc) is 2.27. The molecule has 0 aromatic heterocycles. The second-order valence-corrected chi connectivity index (χ2v) is 4.34. The highest BCUT2D eigenvalue weighted by Crippen LogP contribution is 2.31. The molecule has 0 aliphatic heterocycles. The Kier molecular flexibility index (Phi) is 5.18. The Morgan fingerprint density at radius 3 is 2.76 bits per heavy atom. The van der Waals surface area contributed by atoms with Gasteiger partial charge in [-0.05, 0) is 25.6 Å². The molecule has 1 unspecified atom stereocenters. The van der Waals surface area contributed by atoms with E-state index in [0.29, 0.717) is 23.2 Å². The third-order valence-electron chi connectivity index (χ3n) is 2.37. The summed E-state index contributed by atoms with van der Waals surface area (Å²) >= 11 is 5.95. The van der Waals surface area contributed by atoms with Gasteiger partial charge in [-0.1, -0.05) is 24.6 Å². The largest absolute Gasteiger partial charge is 0.378 e. The van der Waals surface area contributed by atoms with E-state index in [1.807, 2.05) is 14.0 Å². The molecule has 0 spiro atoms. The molecule has 0 saturated heterocycles. The molecule has 0 bridgehead atoms. The first-order chi connectivity index (χ1) is 8.06. The SMILES string of the molecule is CNCC(C)CNc1c(Cl)cccc1[N+](=O)[O-]. The lowest BCUT2D eigenvalue weighted by molar-refractivity contribution is -0.383. The van der Waals surface area contributed by atoms with Crippen LogP contribution < -0.4 is 10.6 Å². The predicted molar refractivity (Wildman–Crippen MR) is 69.7 cm³/mol. The molecule has 0 radical (unpaired) electrons. The first-order valence-electron chi connectivity index (χ1n) is 5.37. The van der Waals surface area contributed by atoms with Crippen LogP contribution in [-0.2, 0) is 0 Å². The first kappa shape index (κ1) is 13.7. The molecule has 0 aliphatic carbocycles. The maximum absolute atomic E-state index is 10.8. The summed E-state index contributed by atoms with van der Waals surface area (Å²) in [4.78, 5) is 10.4. The maximum Gasteiger partial charge on any atom is 0.293 e. The minimum atomic E-state index is -0.434. The Morgan fingerprint density at radius 2 is 2.18 bits per heavy atom. The Hall–Kier alpha value is -1.33. The molecule has 2 N–H and O–H groups in total. The third kappa shape index (κ3) is 3.87. The van der Waals surface area contributed by atoms with Gasteiger partial charge in [-0.3, -0.25) is 10.1 Å². The van der Waals surface area contributed by atoms with Crippen LogP contribution in [0.3, 0.4) is 0 Å². The molecule has 0 heterocycles. The number of anilines is 1. The molecule has 1 rings (SSSR count). The minimum Gasteiger partial charge on any atom is -0.378 e. The molecule has 0 amide bonds. The van der Waals surface area contributed by atoms with E-state index in [1.54, 1.807) is 12.1 Å². The fourth-order valence-electron chi connectivity index (χ4n) is 1.54. The van der Waals surface area contributed by atoms with Crippen LogP contribution >= 0.6 is 11.6 Å². The predicted octanol–water partition coefficient (Wildman–Crippen LogP) is 2.52. The van der Waals surface area contributed by atoms with Crippen molar-refractivity contribution in [3.8, 4) is 0 Å². The summed E-state index contributed by atoms with van der Waals surface area (Å²) in [5.41, 5.74) is 0.399. The number of nitrogens with one attached hydrogen (secondary N) is 2. The van der Waals surface area contributed by atoms with Crippen LogP contribution in [0.15, 0.2) is 18.2 Å². The van der Waals surface area contributed by atoms with Gasteiger partial charge < -0.3 is 10.6 Å². The zero-order valence-electron chi connectivity index (χ0n) is 9.87. The molecular formula is C11H16ClN3O2. The topological polar surface area (TPSA) is 67.2 Å². The summed E-state index contributed by atoms with van der Waals surface area (Å²) in [6, 6.07) is 4.65. The van der Waals surface area contributed by atoms with Crippen LogP contribution in [0.2, 0.25) is 5.02 Å². The molecule has 0 saturated carbocycles. The van der Waals surface area contributed by atoms with Crippen molar-refractivity contribution in [2.24, 2.45) is 5.92 Å². The van der Waals surface area contributed by atoms with Crippen molar-refractivity contribution in [2.45, 2.75) is 6.92 Å². The zero-order chi connectivity index (χ0) is 12.8. The highest BCUT2D eigenvalue weighted by molar-refractivity contribution is 6.33. The fourth-order valence-corrected chi connectivity index (χ4v) is 1.77. The lowest BCUT2D eigenvalue weighted by Gasteiger charge is -2.13. The third-order valence-corrected chi connectivity index (χ3v) is 2.68. The molecule has 0 fully saturated rings. The Balaban J connectivity index is 2.79. The first-order valence-corrected chi connectivity index (χ1v) is 5.75. The number of nitro groups is 1. The summed E-state index contributed by atoms with van der Waals surface area (Å²) in [6.45, 7) is 3.52. The van der Waals surface area contributed by atoms with E-state index in [1.165, 1.54) is 6.07 Å². The smallest absolute Gasteiger partial charge is 0.293 e. The van der Waals surface area contributed by atoms with E-state index >= 15 is 0 Å². The van der Waals surface area contributed by atoms with Gasteiger partial charge >= 0.3 is 0 Å². The van der Waals surface area contributed by atoms with Crippen LogP contribution in [0.25, 0.3) is 0 Å². The van der Waals surface area contributed by atoms with Crippen molar-refractivity contribution in [3.05, 3.63) is 33.3 Å². The minimum absolute atomic E-state index is 0.00848. The lowest BCUT2D eigenvalue weighted by atomic mass is 10.1. The maximum atomic E-state index is 10.8. The lowest BCUT2D eigenvalue weighted by Crippen LogP contribution is -2.23. The highest BCUT2D eigenvalue weighted by Gasteiger charge is 2.16. The average molecular weight is 258 g/mol. The second kappa shape index (κ2) is 6.42. The van der Waals surface area contributed by atoms with Gasteiger partial charge in [0.25, 0.3) is 5.69 Å². The van der Waals surface area contributed by atoms with Crippen LogP contribution in [0.5, 0.6) is 0 Å². The Bertz CT molecular complexity index is 398. The zero-order valence-corrected chi connectivity index (χ0v) is 10.6. The number of rotatable bonds is 6. The Morgan fingerprint density at radius 1 is 1.47 bits per heavy atom. The van der Waals surface area contributed by atoms with E-state index in [9.17, 15) is 10.1 Å². The number of halogens is 1. The van der Waals surface area contributed by atoms with Crippen molar-refractivity contribution in [3.63, 3.8) is 0 Å². The van der Waals surface area contributed by atoms with Crippen molar-refractivity contribution < 1.29 is 4.92 Å². The fraction of sp³-hybridized carbons (Fsp3) is 0.455. The van der Waals surface area contributed by atoms with Crippen molar-refractivity contribution in [1.82, 2.24) is 5.32 Å². The number of hydrogen-bond donors (Lipinski definition) is 2.